The average molecular weight is 258 g/mol. The van der Waals surface area contributed by atoms with Gasteiger partial charge in [0.25, 0.3) is 0 Å². The summed E-state index contributed by atoms with van der Waals surface area (Å²) in [6.07, 6.45) is 3.76. The fourth-order valence-electron chi connectivity index (χ4n) is 1.81. The molecule has 0 saturated carbocycles. The fraction of sp³-hybridized carbons (Fsp3) is 0.286. The van der Waals surface area contributed by atoms with Gasteiger partial charge in [0.05, 0.1) is 18.3 Å². The molecule has 0 spiro atoms. The lowest BCUT2D eigenvalue weighted by Crippen LogP contribution is -2.20. The van der Waals surface area contributed by atoms with Gasteiger partial charge in [-0.3, -0.25) is 4.68 Å². The SMILES string of the molecule is Cc1cnn(CCNCc2cccc(C#N)c2F)c1. The third-order valence-electron chi connectivity index (χ3n) is 2.79. The quantitative estimate of drug-likeness (QED) is 0.834. The van der Waals surface area contributed by atoms with Crippen LogP contribution in [-0.4, -0.2) is 16.3 Å². The zero-order chi connectivity index (χ0) is 13.7. The molecule has 0 amide bonds. The van der Waals surface area contributed by atoms with Crippen LogP contribution in [0.3, 0.4) is 0 Å². The summed E-state index contributed by atoms with van der Waals surface area (Å²) in [5.74, 6) is -0.438. The normalized spacial score (nSPS) is 10.4. The molecule has 19 heavy (non-hydrogen) atoms. The second-order valence-corrected chi connectivity index (χ2v) is 4.35. The average Bonchev–Trinajstić information content (AvgIpc) is 2.82. The summed E-state index contributed by atoms with van der Waals surface area (Å²) in [4.78, 5) is 0. The number of hydrogen-bond donors (Lipinski definition) is 1. The van der Waals surface area contributed by atoms with Crippen LogP contribution in [0.25, 0.3) is 0 Å². The van der Waals surface area contributed by atoms with Crippen LogP contribution in [0, 0.1) is 24.1 Å². The minimum atomic E-state index is -0.438. The predicted molar refractivity (Wildman–Crippen MR) is 69.8 cm³/mol. The first-order chi connectivity index (χ1) is 9.20. The predicted octanol–water partition coefficient (Wildman–Crippen LogP) is 1.99. The minimum absolute atomic E-state index is 0.0852. The Kier molecular flexibility index (Phi) is 4.26. The van der Waals surface area contributed by atoms with Gasteiger partial charge >= 0.3 is 0 Å². The number of rotatable bonds is 5. The van der Waals surface area contributed by atoms with E-state index in [1.54, 1.807) is 18.3 Å². The molecule has 1 aromatic carbocycles. The highest BCUT2D eigenvalue weighted by atomic mass is 19.1. The smallest absolute Gasteiger partial charge is 0.145 e. The highest BCUT2D eigenvalue weighted by molar-refractivity contribution is 5.34. The summed E-state index contributed by atoms with van der Waals surface area (Å²) < 4.78 is 15.6. The van der Waals surface area contributed by atoms with Gasteiger partial charge in [0, 0.05) is 24.8 Å². The second kappa shape index (κ2) is 6.12. The Morgan fingerprint density at radius 3 is 3.00 bits per heavy atom. The van der Waals surface area contributed by atoms with Crippen LogP contribution in [0.15, 0.2) is 30.6 Å². The van der Waals surface area contributed by atoms with Crippen molar-refractivity contribution in [3.05, 3.63) is 53.1 Å². The van der Waals surface area contributed by atoms with Crippen molar-refractivity contribution in [2.45, 2.75) is 20.0 Å². The lowest BCUT2D eigenvalue weighted by atomic mass is 10.1. The van der Waals surface area contributed by atoms with Crippen LogP contribution in [0.5, 0.6) is 0 Å². The molecule has 0 radical (unpaired) electrons. The number of nitrogens with zero attached hydrogens (tertiary/aromatic N) is 3. The van der Waals surface area contributed by atoms with Gasteiger partial charge < -0.3 is 5.32 Å². The van der Waals surface area contributed by atoms with Crippen LogP contribution in [0.4, 0.5) is 4.39 Å². The third kappa shape index (κ3) is 3.39. The number of nitrogens with one attached hydrogen (secondary N) is 1. The molecule has 1 N–H and O–H groups in total. The molecule has 4 nitrogen and oxygen atoms in total. The number of hydrogen-bond acceptors (Lipinski definition) is 3. The molecule has 0 aliphatic heterocycles. The molecule has 0 unspecified atom stereocenters. The van der Waals surface area contributed by atoms with Crippen LogP contribution in [-0.2, 0) is 13.1 Å². The highest BCUT2D eigenvalue weighted by Crippen LogP contribution is 2.11. The number of aromatic nitrogens is 2. The Labute approximate surface area is 111 Å². The molecule has 1 aromatic heterocycles. The summed E-state index contributed by atoms with van der Waals surface area (Å²) in [7, 11) is 0. The van der Waals surface area contributed by atoms with E-state index in [1.807, 2.05) is 23.9 Å². The maximum absolute atomic E-state index is 13.7. The Balaban J connectivity index is 1.85. The second-order valence-electron chi connectivity index (χ2n) is 4.35. The van der Waals surface area contributed by atoms with E-state index in [9.17, 15) is 4.39 Å². The van der Waals surface area contributed by atoms with Crippen molar-refractivity contribution in [1.82, 2.24) is 15.1 Å². The highest BCUT2D eigenvalue weighted by Gasteiger charge is 2.06. The van der Waals surface area contributed by atoms with E-state index in [2.05, 4.69) is 10.4 Å². The van der Waals surface area contributed by atoms with Crippen molar-refractivity contribution in [1.29, 1.82) is 5.26 Å². The van der Waals surface area contributed by atoms with Crippen molar-refractivity contribution >= 4 is 0 Å². The number of benzene rings is 1. The largest absolute Gasteiger partial charge is 0.311 e. The first kappa shape index (κ1) is 13.2. The van der Waals surface area contributed by atoms with Crippen LogP contribution in [0.2, 0.25) is 0 Å². The molecule has 0 aliphatic rings. The van der Waals surface area contributed by atoms with Gasteiger partial charge in [0.15, 0.2) is 0 Å². The summed E-state index contributed by atoms with van der Waals surface area (Å²) in [5.41, 5.74) is 1.71. The van der Waals surface area contributed by atoms with E-state index in [1.165, 1.54) is 6.07 Å². The number of halogens is 1. The monoisotopic (exact) mass is 258 g/mol. The Bertz CT molecular complexity index is 598. The molecule has 0 saturated heterocycles. The van der Waals surface area contributed by atoms with Crippen molar-refractivity contribution in [2.24, 2.45) is 0 Å². The van der Waals surface area contributed by atoms with Gasteiger partial charge in [-0.15, -0.1) is 0 Å². The minimum Gasteiger partial charge on any atom is -0.311 e. The van der Waals surface area contributed by atoms with Gasteiger partial charge in [-0.2, -0.15) is 10.4 Å². The molecule has 0 fully saturated rings. The molecule has 98 valence electrons. The molecule has 0 aliphatic carbocycles. The summed E-state index contributed by atoms with van der Waals surface area (Å²) in [5, 5.41) is 16.0. The van der Waals surface area contributed by atoms with Crippen molar-refractivity contribution in [3.8, 4) is 6.07 Å². The summed E-state index contributed by atoms with van der Waals surface area (Å²) in [6.45, 7) is 3.81. The molecule has 0 atom stereocenters. The van der Waals surface area contributed by atoms with Gasteiger partial charge in [-0.05, 0) is 18.6 Å². The standard InChI is InChI=1S/C14H15FN4/c1-11-8-18-19(10-11)6-5-17-9-13-4-2-3-12(7-16)14(13)15/h2-4,8,10,17H,5-6,9H2,1H3. The van der Waals surface area contributed by atoms with Gasteiger partial charge in [-0.25, -0.2) is 4.39 Å². The summed E-state index contributed by atoms with van der Waals surface area (Å²) in [6, 6.07) is 6.69. The zero-order valence-corrected chi connectivity index (χ0v) is 10.7. The molecule has 5 heteroatoms. The molecule has 0 bridgehead atoms. The molecular weight excluding hydrogens is 243 g/mol. The third-order valence-corrected chi connectivity index (χ3v) is 2.79. The summed E-state index contributed by atoms with van der Waals surface area (Å²) >= 11 is 0. The van der Waals surface area contributed by atoms with Crippen LogP contribution >= 0.6 is 0 Å². The van der Waals surface area contributed by atoms with Gasteiger partial charge in [0.2, 0.25) is 0 Å². The first-order valence-corrected chi connectivity index (χ1v) is 6.08. The van der Waals surface area contributed by atoms with E-state index in [0.29, 0.717) is 18.7 Å². The Morgan fingerprint density at radius 1 is 1.47 bits per heavy atom. The Morgan fingerprint density at radius 2 is 2.32 bits per heavy atom. The fourth-order valence-corrected chi connectivity index (χ4v) is 1.81. The van der Waals surface area contributed by atoms with Crippen LogP contribution in [0.1, 0.15) is 16.7 Å². The zero-order valence-electron chi connectivity index (χ0n) is 10.7. The maximum atomic E-state index is 13.7. The molecule has 2 aromatic rings. The lowest BCUT2D eigenvalue weighted by molar-refractivity contribution is 0.539. The first-order valence-electron chi connectivity index (χ1n) is 6.08. The van der Waals surface area contributed by atoms with Gasteiger partial charge in [0.1, 0.15) is 11.9 Å². The van der Waals surface area contributed by atoms with Crippen molar-refractivity contribution in [2.75, 3.05) is 6.54 Å². The molecular formula is C14H15FN4. The number of aryl methyl sites for hydroxylation is 1. The topological polar surface area (TPSA) is 53.6 Å². The van der Waals surface area contributed by atoms with Crippen LogP contribution < -0.4 is 5.32 Å². The van der Waals surface area contributed by atoms with E-state index < -0.39 is 5.82 Å². The Hall–Kier alpha value is -2.19. The van der Waals surface area contributed by atoms with E-state index >= 15 is 0 Å². The molecule has 2 rings (SSSR count). The van der Waals surface area contributed by atoms with Gasteiger partial charge in [-0.1, -0.05) is 12.1 Å². The lowest BCUT2D eigenvalue weighted by Gasteiger charge is -2.07. The van der Waals surface area contributed by atoms with Crippen molar-refractivity contribution < 1.29 is 4.39 Å². The van der Waals surface area contributed by atoms with E-state index in [-0.39, 0.29) is 5.56 Å². The van der Waals surface area contributed by atoms with E-state index in [4.69, 9.17) is 5.26 Å². The number of nitriles is 1. The molecule has 1 heterocycles. The van der Waals surface area contributed by atoms with E-state index in [0.717, 1.165) is 12.1 Å². The maximum Gasteiger partial charge on any atom is 0.145 e. The van der Waals surface area contributed by atoms with Crippen molar-refractivity contribution in [3.63, 3.8) is 0 Å².